The average molecular weight is 471 g/mol. The van der Waals surface area contributed by atoms with Crippen LogP contribution in [0.5, 0.6) is 0 Å². The number of hydrogen-bond donors (Lipinski definition) is 2. The maximum absolute atomic E-state index is 4.32. The minimum Gasteiger partial charge on any atom is -0.355 e. The van der Waals surface area contributed by atoms with Gasteiger partial charge in [-0.25, -0.2) is 0 Å². The predicted octanol–water partition coefficient (Wildman–Crippen LogP) is 2.87. The van der Waals surface area contributed by atoms with Crippen molar-refractivity contribution in [2.45, 2.75) is 32.5 Å². The third-order valence-electron chi connectivity index (χ3n) is 4.41. The van der Waals surface area contributed by atoms with Crippen molar-refractivity contribution < 1.29 is 0 Å². The van der Waals surface area contributed by atoms with Crippen LogP contribution in [-0.4, -0.2) is 42.0 Å². The first-order valence-electron chi connectivity index (χ1n) is 8.40. The van der Waals surface area contributed by atoms with Crippen molar-refractivity contribution in [3.63, 3.8) is 0 Å². The Labute approximate surface area is 171 Å². The van der Waals surface area contributed by atoms with Gasteiger partial charge in [0.15, 0.2) is 5.96 Å². The Morgan fingerprint density at radius 1 is 1.36 bits per heavy atom. The first-order chi connectivity index (χ1) is 11.8. The molecule has 1 aliphatic rings. The monoisotopic (exact) mass is 471 g/mol. The van der Waals surface area contributed by atoms with Crippen molar-refractivity contribution in [3.05, 3.63) is 52.0 Å². The smallest absolute Gasteiger partial charge is 0.191 e. The van der Waals surface area contributed by atoms with E-state index in [9.17, 15) is 0 Å². The van der Waals surface area contributed by atoms with Gasteiger partial charge in [-0.3, -0.25) is 14.9 Å². The normalized spacial score (nSPS) is 15.8. The van der Waals surface area contributed by atoms with Crippen LogP contribution in [0.25, 0.3) is 0 Å². The van der Waals surface area contributed by atoms with Gasteiger partial charge in [0.1, 0.15) is 0 Å². The number of nitrogens with zero attached hydrogens (tertiary/aromatic N) is 3. The molecule has 2 aromatic heterocycles. The summed E-state index contributed by atoms with van der Waals surface area (Å²) in [7, 11) is 1.80. The van der Waals surface area contributed by atoms with E-state index >= 15 is 0 Å². The molecule has 0 spiro atoms. The van der Waals surface area contributed by atoms with Crippen molar-refractivity contribution in [3.8, 4) is 0 Å². The van der Waals surface area contributed by atoms with Crippen molar-refractivity contribution in [1.29, 1.82) is 0 Å². The molecule has 0 aromatic carbocycles. The highest BCUT2D eigenvalue weighted by Crippen LogP contribution is 2.24. The number of fused-ring (bicyclic) bond motifs is 1. The number of nitrogens with one attached hydrogen (secondary N) is 2. The van der Waals surface area contributed by atoms with Gasteiger partial charge in [0.2, 0.25) is 0 Å². The van der Waals surface area contributed by atoms with Gasteiger partial charge in [-0.1, -0.05) is 6.07 Å². The highest BCUT2D eigenvalue weighted by atomic mass is 127. The minimum absolute atomic E-state index is 0. The lowest BCUT2D eigenvalue weighted by atomic mass is 10.1. The summed E-state index contributed by atoms with van der Waals surface area (Å²) in [6, 6.07) is 8.66. The van der Waals surface area contributed by atoms with E-state index in [1.807, 2.05) is 35.7 Å². The third kappa shape index (κ3) is 5.65. The number of pyridine rings is 1. The van der Waals surface area contributed by atoms with Crippen molar-refractivity contribution in [2.75, 3.05) is 20.1 Å². The van der Waals surface area contributed by atoms with Gasteiger partial charge in [-0.2, -0.15) is 0 Å². The molecule has 0 fully saturated rings. The summed E-state index contributed by atoms with van der Waals surface area (Å²) in [6.45, 7) is 6.02. The number of halogens is 1. The number of rotatable bonds is 5. The van der Waals surface area contributed by atoms with Gasteiger partial charge < -0.3 is 10.6 Å². The molecule has 7 heteroatoms. The summed E-state index contributed by atoms with van der Waals surface area (Å²) in [6.07, 6.45) is 2.98. The number of thiophene rings is 1. The van der Waals surface area contributed by atoms with E-state index in [0.717, 1.165) is 31.3 Å². The second-order valence-electron chi connectivity index (χ2n) is 6.07. The molecule has 1 unspecified atom stereocenters. The lowest BCUT2D eigenvalue weighted by molar-refractivity contribution is 0.192. The number of aliphatic imine (C=N–C) groups is 1. The largest absolute Gasteiger partial charge is 0.355 e. The van der Waals surface area contributed by atoms with Crippen LogP contribution < -0.4 is 10.6 Å². The molecule has 2 N–H and O–H groups in total. The van der Waals surface area contributed by atoms with Gasteiger partial charge in [-0.15, -0.1) is 35.3 Å². The Bertz CT molecular complexity index is 673. The SMILES string of the molecule is CN=C(NCc1ccccn1)NCC(C)N1CCc2sccc2C1.I. The molecule has 2 aromatic rings. The topological polar surface area (TPSA) is 52.6 Å². The lowest BCUT2D eigenvalue weighted by Gasteiger charge is -2.32. The quantitative estimate of drug-likeness (QED) is 0.400. The first-order valence-corrected chi connectivity index (χ1v) is 9.28. The van der Waals surface area contributed by atoms with Gasteiger partial charge in [0.05, 0.1) is 12.2 Å². The Hall–Kier alpha value is -1.19. The van der Waals surface area contributed by atoms with E-state index in [0.29, 0.717) is 12.6 Å². The molecule has 3 heterocycles. The van der Waals surface area contributed by atoms with E-state index in [4.69, 9.17) is 0 Å². The molecule has 0 amide bonds. The average Bonchev–Trinajstić information content (AvgIpc) is 3.10. The van der Waals surface area contributed by atoms with E-state index in [1.54, 1.807) is 11.9 Å². The predicted molar refractivity (Wildman–Crippen MR) is 116 cm³/mol. The van der Waals surface area contributed by atoms with E-state index in [2.05, 4.69) is 43.9 Å². The van der Waals surface area contributed by atoms with Crippen LogP contribution in [0.4, 0.5) is 0 Å². The van der Waals surface area contributed by atoms with Crippen LogP contribution in [0.2, 0.25) is 0 Å². The zero-order chi connectivity index (χ0) is 16.8. The summed E-state index contributed by atoms with van der Waals surface area (Å²) < 4.78 is 0. The standard InChI is InChI=1S/C18H25N5S.HI/c1-14(23-9-6-17-15(13-23)7-10-24-17)11-21-18(19-2)22-12-16-5-3-4-8-20-16;/h3-5,7-8,10,14H,6,9,11-13H2,1-2H3,(H2,19,21,22);1H. The maximum Gasteiger partial charge on any atom is 0.191 e. The fourth-order valence-corrected chi connectivity index (χ4v) is 3.81. The molecule has 0 radical (unpaired) electrons. The highest BCUT2D eigenvalue weighted by molar-refractivity contribution is 14.0. The van der Waals surface area contributed by atoms with Gasteiger partial charge in [0, 0.05) is 43.8 Å². The summed E-state index contributed by atoms with van der Waals surface area (Å²) >= 11 is 1.89. The molecule has 5 nitrogen and oxygen atoms in total. The number of hydrogen-bond acceptors (Lipinski definition) is 4. The Morgan fingerprint density at radius 2 is 2.24 bits per heavy atom. The van der Waals surface area contributed by atoms with E-state index in [-0.39, 0.29) is 24.0 Å². The molecule has 0 saturated heterocycles. The zero-order valence-electron chi connectivity index (χ0n) is 14.7. The van der Waals surface area contributed by atoms with E-state index in [1.165, 1.54) is 12.0 Å². The number of guanidine groups is 1. The number of aromatic nitrogens is 1. The molecule has 0 aliphatic carbocycles. The Balaban J connectivity index is 0.00000225. The molecule has 136 valence electrons. The molecule has 1 aliphatic heterocycles. The van der Waals surface area contributed by atoms with E-state index < -0.39 is 0 Å². The highest BCUT2D eigenvalue weighted by Gasteiger charge is 2.21. The fourth-order valence-electron chi connectivity index (χ4n) is 2.92. The second-order valence-corrected chi connectivity index (χ2v) is 7.07. The molecular weight excluding hydrogens is 445 g/mol. The Kier molecular flexibility index (Phi) is 8.11. The fraction of sp³-hybridized carbons (Fsp3) is 0.444. The first kappa shape index (κ1) is 20.1. The summed E-state index contributed by atoms with van der Waals surface area (Å²) in [5.74, 6) is 0.820. The molecule has 1 atom stereocenters. The van der Waals surface area contributed by atoms with Gasteiger partial charge >= 0.3 is 0 Å². The van der Waals surface area contributed by atoms with Gasteiger partial charge in [0.25, 0.3) is 0 Å². The second kappa shape index (κ2) is 10.1. The van der Waals surface area contributed by atoms with Crippen LogP contribution in [0.1, 0.15) is 23.1 Å². The lowest BCUT2D eigenvalue weighted by Crippen LogP contribution is -2.47. The third-order valence-corrected chi connectivity index (χ3v) is 5.44. The van der Waals surface area contributed by atoms with Crippen LogP contribution in [0.15, 0.2) is 40.8 Å². The van der Waals surface area contributed by atoms with Crippen LogP contribution in [0.3, 0.4) is 0 Å². The van der Waals surface area contributed by atoms with Gasteiger partial charge in [-0.05, 0) is 42.5 Å². The summed E-state index contributed by atoms with van der Waals surface area (Å²) in [5.41, 5.74) is 2.50. The van der Waals surface area contributed by atoms with Crippen LogP contribution in [-0.2, 0) is 19.5 Å². The molecule has 0 saturated carbocycles. The molecule has 3 rings (SSSR count). The summed E-state index contributed by atoms with van der Waals surface area (Å²) in [4.78, 5) is 12.7. The van der Waals surface area contributed by atoms with Crippen molar-refractivity contribution >= 4 is 41.3 Å². The maximum atomic E-state index is 4.32. The molecule has 0 bridgehead atoms. The Morgan fingerprint density at radius 3 is 3.00 bits per heavy atom. The molecular formula is C18H26IN5S. The van der Waals surface area contributed by atoms with Crippen LogP contribution in [0, 0.1) is 0 Å². The molecule has 25 heavy (non-hydrogen) atoms. The summed E-state index contributed by atoms with van der Waals surface area (Å²) in [5, 5.41) is 8.95. The van der Waals surface area contributed by atoms with Crippen molar-refractivity contribution in [1.82, 2.24) is 20.5 Å². The van der Waals surface area contributed by atoms with Crippen molar-refractivity contribution in [2.24, 2.45) is 4.99 Å². The zero-order valence-corrected chi connectivity index (χ0v) is 17.9. The van der Waals surface area contributed by atoms with Crippen LogP contribution >= 0.6 is 35.3 Å². The minimum atomic E-state index is 0.